The van der Waals surface area contributed by atoms with E-state index in [4.69, 9.17) is 4.42 Å². The van der Waals surface area contributed by atoms with E-state index >= 15 is 0 Å². The molecule has 2 nitrogen and oxygen atoms in total. The smallest absolute Gasteiger partial charge is 0.137 e. The average molecular weight is 594 g/mol. The summed E-state index contributed by atoms with van der Waals surface area (Å²) in [4.78, 5) is 2.37. The molecule has 0 saturated carbocycles. The summed E-state index contributed by atoms with van der Waals surface area (Å²) in [5.41, 5.74) is 10.6. The molecule has 0 N–H and O–H groups in total. The predicted molar refractivity (Wildman–Crippen MR) is 195 cm³/mol. The highest BCUT2D eigenvalue weighted by Crippen LogP contribution is 2.56. The van der Waals surface area contributed by atoms with E-state index < -0.39 is 0 Å². The van der Waals surface area contributed by atoms with E-state index in [0.717, 1.165) is 39.0 Å². The molecule has 1 aliphatic carbocycles. The van der Waals surface area contributed by atoms with Crippen LogP contribution in [0, 0.1) is 0 Å². The van der Waals surface area contributed by atoms with Gasteiger partial charge in [0, 0.05) is 33.6 Å². The molecule has 0 unspecified atom stereocenters. The third kappa shape index (κ3) is 3.64. The number of hydrogen-bond acceptors (Lipinski definition) is 2. The molecule has 1 aliphatic rings. The van der Waals surface area contributed by atoms with Crippen LogP contribution in [0.2, 0.25) is 0 Å². The topological polar surface area (TPSA) is 16.4 Å². The van der Waals surface area contributed by atoms with Crippen LogP contribution in [0.15, 0.2) is 144 Å². The molecule has 46 heavy (non-hydrogen) atoms. The number of benzene rings is 7. The molecule has 7 aromatic carbocycles. The molecule has 1 aromatic heterocycles. The first-order chi connectivity index (χ1) is 22.3. The first-order valence-electron chi connectivity index (χ1n) is 16.2. The molecule has 0 saturated heterocycles. The summed E-state index contributed by atoms with van der Waals surface area (Å²) < 4.78 is 6.37. The SMILES string of the molecule is CC1(C)c2ccccc2-c2c(ccc3ccc4c(N(c5ccccc5)c5ccc6c(c5)oc5ccccc56)cccc4c23)C1(C)C. The van der Waals surface area contributed by atoms with Crippen LogP contribution in [0.25, 0.3) is 54.6 Å². The van der Waals surface area contributed by atoms with E-state index in [2.05, 4.69) is 160 Å². The summed E-state index contributed by atoms with van der Waals surface area (Å²) in [7, 11) is 0. The van der Waals surface area contributed by atoms with E-state index in [0.29, 0.717) is 0 Å². The summed E-state index contributed by atoms with van der Waals surface area (Å²) >= 11 is 0. The van der Waals surface area contributed by atoms with Crippen LogP contribution in [0.1, 0.15) is 38.8 Å². The molecule has 1 heterocycles. The van der Waals surface area contributed by atoms with Crippen molar-refractivity contribution in [3.8, 4) is 11.1 Å². The van der Waals surface area contributed by atoms with Crippen LogP contribution in [0.4, 0.5) is 17.1 Å². The number of fused-ring (bicyclic) bond motifs is 10. The molecule has 0 atom stereocenters. The number of nitrogens with zero attached hydrogens (tertiary/aromatic N) is 1. The Balaban J connectivity index is 1.34. The fourth-order valence-corrected chi connectivity index (χ4v) is 7.94. The molecular formula is C44H35NO. The number of anilines is 3. The Kier molecular flexibility index (Phi) is 5.63. The lowest BCUT2D eigenvalue weighted by Gasteiger charge is -2.48. The Bertz CT molecular complexity index is 2480. The van der Waals surface area contributed by atoms with Gasteiger partial charge in [-0.2, -0.15) is 0 Å². The molecule has 2 heteroatoms. The van der Waals surface area contributed by atoms with E-state index in [9.17, 15) is 0 Å². The van der Waals surface area contributed by atoms with Gasteiger partial charge in [0.2, 0.25) is 0 Å². The van der Waals surface area contributed by atoms with E-state index in [-0.39, 0.29) is 10.8 Å². The maximum Gasteiger partial charge on any atom is 0.137 e. The van der Waals surface area contributed by atoms with E-state index in [1.807, 2.05) is 12.1 Å². The Morgan fingerprint density at radius 1 is 0.478 bits per heavy atom. The number of para-hydroxylation sites is 2. The molecule has 9 rings (SSSR count). The van der Waals surface area contributed by atoms with Crippen LogP contribution in [-0.2, 0) is 10.8 Å². The second-order valence-corrected chi connectivity index (χ2v) is 13.8. The average Bonchev–Trinajstić information content (AvgIpc) is 3.46. The third-order valence-electron chi connectivity index (χ3n) is 11.0. The highest BCUT2D eigenvalue weighted by Gasteiger charge is 2.46. The zero-order valence-electron chi connectivity index (χ0n) is 26.6. The van der Waals surface area contributed by atoms with Crippen LogP contribution in [0.3, 0.4) is 0 Å². The highest BCUT2D eigenvalue weighted by molar-refractivity contribution is 6.19. The fourth-order valence-electron chi connectivity index (χ4n) is 7.94. The number of hydrogen-bond donors (Lipinski definition) is 0. The van der Waals surface area contributed by atoms with Gasteiger partial charge >= 0.3 is 0 Å². The second-order valence-electron chi connectivity index (χ2n) is 13.8. The Morgan fingerprint density at radius 3 is 2.02 bits per heavy atom. The van der Waals surface area contributed by atoms with Crippen molar-refractivity contribution in [2.45, 2.75) is 38.5 Å². The second kappa shape index (κ2) is 9.58. The van der Waals surface area contributed by atoms with Crippen LogP contribution < -0.4 is 4.90 Å². The van der Waals surface area contributed by atoms with Gasteiger partial charge in [-0.3, -0.25) is 0 Å². The molecular weight excluding hydrogens is 558 g/mol. The van der Waals surface area contributed by atoms with Crippen molar-refractivity contribution in [1.82, 2.24) is 0 Å². The molecule has 222 valence electrons. The van der Waals surface area contributed by atoms with Crippen LogP contribution in [0.5, 0.6) is 0 Å². The molecule has 8 aromatic rings. The first kappa shape index (κ1) is 27.0. The minimum atomic E-state index is -0.0529. The Hall–Kier alpha value is -5.34. The van der Waals surface area contributed by atoms with E-state index in [1.54, 1.807) is 0 Å². The van der Waals surface area contributed by atoms with Crippen molar-refractivity contribution in [1.29, 1.82) is 0 Å². The van der Waals surface area contributed by atoms with Gasteiger partial charge in [0.25, 0.3) is 0 Å². The zero-order valence-corrected chi connectivity index (χ0v) is 26.6. The lowest BCUT2D eigenvalue weighted by atomic mass is 9.55. The molecule has 0 fully saturated rings. The quantitative estimate of drug-likeness (QED) is 0.189. The Labute approximate surface area is 269 Å². The molecule has 0 spiro atoms. The van der Waals surface area contributed by atoms with Gasteiger partial charge in [0.05, 0.1) is 5.69 Å². The standard InChI is InChI=1S/C44H35NO/c1-43(2)36-18-10-8-16-35(36)42-37(44(43,3)4)26-22-28-21-24-31-34(41(28)42)17-12-19-38(31)45(29-13-6-5-7-14-29)30-23-25-33-32-15-9-11-20-39(32)46-40(33)27-30/h5-27H,1-4H3. The van der Waals surface area contributed by atoms with Crippen LogP contribution >= 0.6 is 0 Å². The normalized spacial score (nSPS) is 14.9. The maximum absolute atomic E-state index is 6.37. The van der Waals surface area contributed by atoms with Crippen LogP contribution in [-0.4, -0.2) is 0 Å². The summed E-state index contributed by atoms with van der Waals surface area (Å²) in [5.74, 6) is 0. The summed E-state index contributed by atoms with van der Waals surface area (Å²) in [6.07, 6.45) is 0. The van der Waals surface area contributed by atoms with Gasteiger partial charge < -0.3 is 9.32 Å². The minimum Gasteiger partial charge on any atom is -0.456 e. The van der Waals surface area contributed by atoms with Crippen molar-refractivity contribution in [3.63, 3.8) is 0 Å². The largest absolute Gasteiger partial charge is 0.456 e. The summed E-state index contributed by atoms with van der Waals surface area (Å²) in [6.45, 7) is 9.62. The molecule has 0 aliphatic heterocycles. The fraction of sp³-hybridized carbons (Fsp3) is 0.136. The molecule has 0 radical (unpaired) electrons. The lowest BCUT2D eigenvalue weighted by molar-refractivity contribution is 0.299. The number of furan rings is 1. The zero-order chi connectivity index (χ0) is 31.2. The van der Waals surface area contributed by atoms with Gasteiger partial charge in [-0.1, -0.05) is 125 Å². The summed E-state index contributed by atoms with van der Waals surface area (Å²) in [6, 6.07) is 50.7. The van der Waals surface area contributed by atoms with Gasteiger partial charge in [0.15, 0.2) is 0 Å². The van der Waals surface area contributed by atoms with Gasteiger partial charge in [-0.15, -0.1) is 0 Å². The van der Waals surface area contributed by atoms with Crippen molar-refractivity contribution in [2.24, 2.45) is 0 Å². The number of rotatable bonds is 3. The Morgan fingerprint density at radius 2 is 1.15 bits per heavy atom. The van der Waals surface area contributed by atoms with E-state index in [1.165, 1.54) is 43.8 Å². The van der Waals surface area contributed by atoms with Crippen molar-refractivity contribution in [2.75, 3.05) is 4.90 Å². The summed E-state index contributed by atoms with van der Waals surface area (Å²) in [5, 5.41) is 7.35. The van der Waals surface area contributed by atoms with Gasteiger partial charge in [-0.05, 0) is 85.6 Å². The van der Waals surface area contributed by atoms with Crippen molar-refractivity contribution in [3.05, 3.63) is 151 Å². The molecule has 0 amide bonds. The maximum atomic E-state index is 6.37. The lowest BCUT2D eigenvalue weighted by Crippen LogP contribution is -2.43. The highest BCUT2D eigenvalue weighted by atomic mass is 16.3. The van der Waals surface area contributed by atoms with Crippen molar-refractivity contribution >= 4 is 60.5 Å². The predicted octanol–water partition coefficient (Wildman–Crippen LogP) is 12.6. The monoisotopic (exact) mass is 593 g/mol. The van der Waals surface area contributed by atoms with Crippen molar-refractivity contribution < 1.29 is 4.42 Å². The van der Waals surface area contributed by atoms with Gasteiger partial charge in [0.1, 0.15) is 11.2 Å². The third-order valence-corrected chi connectivity index (χ3v) is 11.0. The van der Waals surface area contributed by atoms with Gasteiger partial charge in [-0.25, -0.2) is 0 Å². The molecule has 0 bridgehead atoms. The first-order valence-corrected chi connectivity index (χ1v) is 16.2. The minimum absolute atomic E-state index is 0.0145.